The average molecular weight is 310 g/mol. The van der Waals surface area contributed by atoms with Crippen LogP contribution in [-0.2, 0) is 6.42 Å². The first-order chi connectivity index (χ1) is 9.93. The summed E-state index contributed by atoms with van der Waals surface area (Å²) < 4.78 is 0. The molecule has 1 aliphatic carbocycles. The van der Waals surface area contributed by atoms with E-state index in [1.54, 1.807) is 12.1 Å². The number of benzene rings is 1. The number of rotatable bonds is 6. The Morgan fingerprint density at radius 1 is 1.24 bits per heavy atom. The van der Waals surface area contributed by atoms with Gasteiger partial charge in [0.05, 0.1) is 4.92 Å². The molecule has 1 aromatic rings. The zero-order valence-electron chi connectivity index (χ0n) is 12.8. The summed E-state index contributed by atoms with van der Waals surface area (Å²) in [5.74, 6) is 0.654. The van der Waals surface area contributed by atoms with E-state index in [-0.39, 0.29) is 21.4 Å². The van der Waals surface area contributed by atoms with Crippen LogP contribution in [0.1, 0.15) is 51.5 Å². The second-order valence-corrected chi connectivity index (χ2v) is 7.29. The van der Waals surface area contributed by atoms with Crippen LogP contribution in [0.5, 0.6) is 0 Å². The molecular formula is C17H24ClNO2. The second kappa shape index (κ2) is 6.78. The van der Waals surface area contributed by atoms with Crippen molar-refractivity contribution in [3.8, 4) is 0 Å². The largest absolute Gasteiger partial charge is 0.269 e. The Morgan fingerprint density at radius 3 is 2.29 bits per heavy atom. The van der Waals surface area contributed by atoms with Crippen LogP contribution in [0.25, 0.3) is 0 Å². The highest BCUT2D eigenvalue weighted by atomic mass is 35.5. The van der Waals surface area contributed by atoms with Gasteiger partial charge in [-0.25, -0.2) is 0 Å². The molecule has 1 atom stereocenters. The minimum absolute atomic E-state index is 0.115. The van der Waals surface area contributed by atoms with Crippen molar-refractivity contribution in [2.75, 3.05) is 0 Å². The van der Waals surface area contributed by atoms with Gasteiger partial charge in [0, 0.05) is 17.5 Å². The quantitative estimate of drug-likeness (QED) is 0.404. The fraction of sp³-hybridized carbons (Fsp3) is 0.647. The molecule has 1 saturated carbocycles. The number of non-ortho nitro benzene ring substituents is 1. The number of halogens is 1. The Hall–Kier alpha value is -1.09. The zero-order valence-corrected chi connectivity index (χ0v) is 13.6. The molecule has 1 aliphatic rings. The number of alkyl halides is 1. The Kier molecular flexibility index (Phi) is 5.26. The van der Waals surface area contributed by atoms with Gasteiger partial charge in [0.1, 0.15) is 0 Å². The summed E-state index contributed by atoms with van der Waals surface area (Å²) in [5.41, 5.74) is 1.48. The SMILES string of the molecule is CC(C)CC1(C(Cl)Cc2ccc([N+](=O)[O-])cc2)CCCC1. The Morgan fingerprint density at radius 2 is 1.81 bits per heavy atom. The van der Waals surface area contributed by atoms with Crippen LogP contribution in [0, 0.1) is 21.4 Å². The Bertz CT molecular complexity index is 478. The summed E-state index contributed by atoms with van der Waals surface area (Å²) in [6.45, 7) is 4.52. The lowest BCUT2D eigenvalue weighted by molar-refractivity contribution is -0.384. The van der Waals surface area contributed by atoms with E-state index < -0.39 is 0 Å². The highest BCUT2D eigenvalue weighted by Crippen LogP contribution is 2.48. The second-order valence-electron chi connectivity index (χ2n) is 6.76. The highest BCUT2D eigenvalue weighted by molar-refractivity contribution is 6.21. The molecule has 1 fully saturated rings. The van der Waals surface area contributed by atoms with Crippen molar-refractivity contribution in [2.24, 2.45) is 11.3 Å². The van der Waals surface area contributed by atoms with E-state index in [1.807, 2.05) is 12.1 Å². The molecule has 2 rings (SSSR count). The average Bonchev–Trinajstić information content (AvgIpc) is 2.88. The maximum atomic E-state index is 10.7. The summed E-state index contributed by atoms with van der Waals surface area (Å²) in [6.07, 6.45) is 6.95. The first-order valence-electron chi connectivity index (χ1n) is 7.80. The normalized spacial score (nSPS) is 18.9. The minimum atomic E-state index is -0.362. The highest BCUT2D eigenvalue weighted by Gasteiger charge is 2.40. The van der Waals surface area contributed by atoms with Gasteiger partial charge in [-0.15, -0.1) is 11.6 Å². The van der Waals surface area contributed by atoms with E-state index in [4.69, 9.17) is 11.6 Å². The topological polar surface area (TPSA) is 43.1 Å². The first-order valence-corrected chi connectivity index (χ1v) is 8.24. The summed E-state index contributed by atoms with van der Waals surface area (Å²) in [4.78, 5) is 10.3. The van der Waals surface area contributed by atoms with Gasteiger partial charge in [-0.1, -0.05) is 38.8 Å². The molecule has 0 radical (unpaired) electrons. The van der Waals surface area contributed by atoms with E-state index in [2.05, 4.69) is 13.8 Å². The third-order valence-electron chi connectivity index (χ3n) is 4.64. The fourth-order valence-corrected chi connectivity index (χ4v) is 4.20. The first kappa shape index (κ1) is 16.3. The predicted molar refractivity (Wildman–Crippen MR) is 86.8 cm³/mol. The van der Waals surface area contributed by atoms with Crippen molar-refractivity contribution in [3.63, 3.8) is 0 Å². The summed E-state index contributed by atoms with van der Waals surface area (Å²) >= 11 is 6.79. The van der Waals surface area contributed by atoms with Crippen LogP contribution < -0.4 is 0 Å². The van der Waals surface area contributed by atoms with Crippen LogP contribution in [0.4, 0.5) is 5.69 Å². The third kappa shape index (κ3) is 3.97. The van der Waals surface area contributed by atoms with Gasteiger partial charge in [0.25, 0.3) is 5.69 Å². The van der Waals surface area contributed by atoms with E-state index >= 15 is 0 Å². The number of nitro benzene ring substituents is 1. The fourth-order valence-electron chi connectivity index (χ4n) is 3.71. The molecule has 0 heterocycles. The van der Waals surface area contributed by atoms with Crippen molar-refractivity contribution in [1.29, 1.82) is 0 Å². The van der Waals surface area contributed by atoms with Crippen LogP contribution in [0.15, 0.2) is 24.3 Å². The number of hydrogen-bond acceptors (Lipinski definition) is 2. The zero-order chi connectivity index (χ0) is 15.5. The summed E-state index contributed by atoms with van der Waals surface area (Å²) in [6, 6.07) is 6.82. The molecule has 1 aromatic carbocycles. The molecule has 0 bridgehead atoms. The Labute approximate surface area is 131 Å². The molecule has 3 nitrogen and oxygen atoms in total. The summed E-state index contributed by atoms with van der Waals surface area (Å²) in [5, 5.41) is 10.8. The monoisotopic (exact) mass is 309 g/mol. The maximum Gasteiger partial charge on any atom is 0.269 e. The van der Waals surface area contributed by atoms with E-state index in [9.17, 15) is 10.1 Å². The third-order valence-corrected chi connectivity index (χ3v) is 5.26. The van der Waals surface area contributed by atoms with Crippen LogP contribution in [0.3, 0.4) is 0 Å². The van der Waals surface area contributed by atoms with Crippen molar-refractivity contribution in [3.05, 3.63) is 39.9 Å². The van der Waals surface area contributed by atoms with E-state index in [0.717, 1.165) is 12.0 Å². The van der Waals surface area contributed by atoms with Gasteiger partial charge < -0.3 is 0 Å². The van der Waals surface area contributed by atoms with Crippen LogP contribution in [0.2, 0.25) is 0 Å². The lowest BCUT2D eigenvalue weighted by Crippen LogP contribution is -2.31. The molecular weight excluding hydrogens is 286 g/mol. The molecule has 0 aromatic heterocycles. The Balaban J connectivity index is 2.08. The van der Waals surface area contributed by atoms with Gasteiger partial charge in [0.15, 0.2) is 0 Å². The van der Waals surface area contributed by atoms with Crippen LogP contribution in [-0.4, -0.2) is 10.3 Å². The molecule has 0 spiro atoms. The lowest BCUT2D eigenvalue weighted by atomic mass is 9.74. The molecule has 0 amide bonds. The van der Waals surface area contributed by atoms with Gasteiger partial charge >= 0.3 is 0 Å². The molecule has 0 saturated heterocycles. The molecule has 0 aliphatic heterocycles. The van der Waals surface area contributed by atoms with Crippen LogP contribution >= 0.6 is 11.6 Å². The van der Waals surface area contributed by atoms with Gasteiger partial charge in [-0.05, 0) is 42.6 Å². The van der Waals surface area contributed by atoms with Gasteiger partial charge in [0.2, 0.25) is 0 Å². The standard InChI is InChI=1S/C17H24ClNO2/c1-13(2)12-17(9-3-4-10-17)16(18)11-14-5-7-15(8-6-14)19(20)21/h5-8,13,16H,3-4,9-12H2,1-2H3. The van der Waals surface area contributed by atoms with Gasteiger partial charge in [-0.2, -0.15) is 0 Å². The van der Waals surface area contributed by atoms with Crippen molar-refractivity contribution in [1.82, 2.24) is 0 Å². The van der Waals surface area contributed by atoms with Gasteiger partial charge in [-0.3, -0.25) is 10.1 Å². The number of nitro groups is 1. The molecule has 21 heavy (non-hydrogen) atoms. The maximum absolute atomic E-state index is 10.7. The predicted octanol–water partition coefficient (Wildman–Crippen LogP) is 5.35. The summed E-state index contributed by atoms with van der Waals surface area (Å²) in [7, 11) is 0. The molecule has 4 heteroatoms. The molecule has 116 valence electrons. The minimum Gasteiger partial charge on any atom is -0.258 e. The smallest absolute Gasteiger partial charge is 0.258 e. The number of nitrogens with zero attached hydrogens (tertiary/aromatic N) is 1. The van der Waals surface area contributed by atoms with Crippen molar-refractivity contribution < 1.29 is 4.92 Å². The van der Waals surface area contributed by atoms with E-state index in [0.29, 0.717) is 5.92 Å². The number of hydrogen-bond donors (Lipinski definition) is 0. The lowest BCUT2D eigenvalue weighted by Gasteiger charge is -2.35. The van der Waals surface area contributed by atoms with Crippen molar-refractivity contribution >= 4 is 17.3 Å². The molecule has 0 N–H and O–H groups in total. The van der Waals surface area contributed by atoms with Crippen molar-refractivity contribution in [2.45, 2.75) is 57.7 Å². The van der Waals surface area contributed by atoms with E-state index in [1.165, 1.54) is 32.1 Å². The molecule has 1 unspecified atom stereocenters.